The van der Waals surface area contributed by atoms with Crippen molar-refractivity contribution in [1.29, 1.82) is 0 Å². The van der Waals surface area contributed by atoms with Crippen molar-refractivity contribution in [2.45, 2.75) is 18.6 Å². The Morgan fingerprint density at radius 1 is 1.27 bits per heavy atom. The third-order valence-corrected chi connectivity index (χ3v) is 4.07. The predicted molar refractivity (Wildman–Crippen MR) is 56.0 cm³/mol. The molecular weight excluding hydrogens is 216 g/mol. The monoisotopic (exact) mass is 228 g/mol. The van der Waals surface area contributed by atoms with Gasteiger partial charge in [-0.3, -0.25) is 9.35 Å². The van der Waals surface area contributed by atoms with Crippen molar-refractivity contribution in [3.05, 3.63) is 35.9 Å². The van der Waals surface area contributed by atoms with E-state index in [4.69, 9.17) is 4.55 Å². The van der Waals surface area contributed by atoms with Crippen molar-refractivity contribution >= 4 is 15.9 Å². The summed E-state index contributed by atoms with van der Waals surface area (Å²) in [7, 11) is -4.47. The third kappa shape index (κ3) is 1.93. The highest BCUT2D eigenvalue weighted by Gasteiger charge is 2.44. The van der Waals surface area contributed by atoms with Crippen LogP contribution in [0.25, 0.3) is 0 Å². The van der Waals surface area contributed by atoms with Gasteiger partial charge in [0.15, 0.2) is 10.5 Å². The summed E-state index contributed by atoms with van der Waals surface area (Å²) in [5, 5.41) is 0. The minimum absolute atomic E-state index is 0.264. The number of Topliss-reactive ketones (excluding diaryl/α,β-unsaturated/α-hetero) is 1. The fourth-order valence-corrected chi connectivity index (χ4v) is 2.09. The summed E-state index contributed by atoms with van der Waals surface area (Å²) in [6.07, 6.45) is 0. The molecule has 0 saturated carbocycles. The van der Waals surface area contributed by atoms with Crippen LogP contribution in [0.2, 0.25) is 0 Å². The third-order valence-electron chi connectivity index (χ3n) is 2.51. The Balaban J connectivity index is 3.46. The number of carbonyl (C=O) groups excluding carboxylic acids is 1. The van der Waals surface area contributed by atoms with Gasteiger partial charge in [-0.25, -0.2) is 0 Å². The van der Waals surface area contributed by atoms with Crippen molar-refractivity contribution in [3.8, 4) is 0 Å². The molecule has 0 spiro atoms. The summed E-state index contributed by atoms with van der Waals surface area (Å²) in [6, 6.07) is 7.92. The molecule has 15 heavy (non-hydrogen) atoms. The SMILES string of the molecule is CC(=O)C(C)(c1ccccc1)S(=O)(=O)O. The van der Waals surface area contributed by atoms with Crippen LogP contribution in [0.4, 0.5) is 0 Å². The minimum atomic E-state index is -4.47. The van der Waals surface area contributed by atoms with Crippen LogP contribution in [-0.2, 0) is 19.7 Å². The number of benzene rings is 1. The van der Waals surface area contributed by atoms with Crippen molar-refractivity contribution in [1.82, 2.24) is 0 Å². The summed E-state index contributed by atoms with van der Waals surface area (Å²) in [4.78, 5) is 11.4. The molecule has 0 aliphatic heterocycles. The predicted octanol–water partition coefficient (Wildman–Crippen LogP) is 1.38. The van der Waals surface area contributed by atoms with Gasteiger partial charge in [0, 0.05) is 0 Å². The molecule has 0 aromatic heterocycles. The van der Waals surface area contributed by atoms with Gasteiger partial charge in [0.05, 0.1) is 0 Å². The molecule has 0 radical (unpaired) electrons. The van der Waals surface area contributed by atoms with Crippen molar-refractivity contribution in [2.75, 3.05) is 0 Å². The van der Waals surface area contributed by atoms with Gasteiger partial charge in [0.2, 0.25) is 0 Å². The Morgan fingerprint density at radius 2 is 1.73 bits per heavy atom. The van der Waals surface area contributed by atoms with Gasteiger partial charge in [0.25, 0.3) is 10.1 Å². The van der Waals surface area contributed by atoms with E-state index < -0.39 is 20.6 Å². The minimum Gasteiger partial charge on any atom is -0.298 e. The lowest BCUT2D eigenvalue weighted by Crippen LogP contribution is -2.39. The maximum atomic E-state index is 11.4. The summed E-state index contributed by atoms with van der Waals surface area (Å²) < 4.78 is 29.7. The molecule has 0 aliphatic carbocycles. The lowest BCUT2D eigenvalue weighted by molar-refractivity contribution is -0.119. The van der Waals surface area contributed by atoms with Crippen LogP contribution in [0.3, 0.4) is 0 Å². The molecule has 0 aliphatic rings. The molecule has 0 amide bonds. The Kier molecular flexibility index (Phi) is 2.97. The zero-order chi connectivity index (χ0) is 11.7. The summed E-state index contributed by atoms with van der Waals surface area (Å²) >= 11 is 0. The normalized spacial score (nSPS) is 15.7. The van der Waals surface area contributed by atoms with Gasteiger partial charge < -0.3 is 0 Å². The summed E-state index contributed by atoms with van der Waals surface area (Å²) in [5.74, 6) is -0.615. The molecule has 82 valence electrons. The van der Waals surface area contributed by atoms with E-state index in [0.717, 1.165) is 6.92 Å². The summed E-state index contributed by atoms with van der Waals surface area (Å²) in [5.41, 5.74) is 0.264. The van der Waals surface area contributed by atoms with Crippen LogP contribution in [-0.4, -0.2) is 18.8 Å². The van der Waals surface area contributed by atoms with Gasteiger partial charge in [-0.2, -0.15) is 8.42 Å². The molecule has 1 aromatic carbocycles. The van der Waals surface area contributed by atoms with Gasteiger partial charge in [-0.15, -0.1) is 0 Å². The van der Waals surface area contributed by atoms with Gasteiger partial charge >= 0.3 is 0 Å². The maximum Gasteiger partial charge on any atom is 0.281 e. The van der Waals surface area contributed by atoms with E-state index in [1.54, 1.807) is 18.2 Å². The first kappa shape index (κ1) is 11.9. The lowest BCUT2D eigenvalue weighted by atomic mass is 9.97. The number of rotatable bonds is 3. The molecule has 1 unspecified atom stereocenters. The first-order valence-corrected chi connectivity index (χ1v) is 5.77. The molecule has 1 rings (SSSR count). The topological polar surface area (TPSA) is 71.4 Å². The molecule has 4 nitrogen and oxygen atoms in total. The van der Waals surface area contributed by atoms with Crippen molar-refractivity contribution in [3.63, 3.8) is 0 Å². The average molecular weight is 228 g/mol. The van der Waals surface area contributed by atoms with E-state index in [9.17, 15) is 13.2 Å². The number of ketones is 1. The van der Waals surface area contributed by atoms with Crippen LogP contribution in [0, 0.1) is 0 Å². The van der Waals surface area contributed by atoms with E-state index in [-0.39, 0.29) is 5.56 Å². The van der Waals surface area contributed by atoms with Gasteiger partial charge in [-0.05, 0) is 19.4 Å². The second-order valence-electron chi connectivity index (χ2n) is 3.43. The van der Waals surface area contributed by atoms with E-state index in [0.29, 0.717) is 0 Å². The van der Waals surface area contributed by atoms with Crippen LogP contribution < -0.4 is 0 Å². The zero-order valence-electron chi connectivity index (χ0n) is 8.47. The fourth-order valence-electron chi connectivity index (χ4n) is 1.29. The van der Waals surface area contributed by atoms with Crippen LogP contribution in [0.15, 0.2) is 30.3 Å². The van der Waals surface area contributed by atoms with E-state index in [1.165, 1.54) is 19.1 Å². The molecular formula is C10H12O4S. The molecule has 1 aromatic rings. The zero-order valence-corrected chi connectivity index (χ0v) is 9.28. The van der Waals surface area contributed by atoms with Crippen molar-refractivity contribution < 1.29 is 17.8 Å². The highest BCUT2D eigenvalue weighted by molar-refractivity contribution is 7.87. The Bertz CT molecular complexity index is 463. The Labute approximate surface area is 88.7 Å². The Hall–Kier alpha value is -1.20. The molecule has 0 saturated heterocycles. The summed E-state index contributed by atoms with van der Waals surface area (Å²) in [6.45, 7) is 2.33. The molecule has 1 atom stereocenters. The molecule has 0 heterocycles. The number of hydrogen-bond donors (Lipinski definition) is 1. The van der Waals surface area contributed by atoms with E-state index in [1.807, 2.05) is 0 Å². The van der Waals surface area contributed by atoms with Gasteiger partial charge in [-0.1, -0.05) is 30.3 Å². The van der Waals surface area contributed by atoms with Crippen molar-refractivity contribution in [2.24, 2.45) is 0 Å². The average Bonchev–Trinajstić information content (AvgIpc) is 2.16. The van der Waals surface area contributed by atoms with Crippen LogP contribution >= 0.6 is 0 Å². The standard InChI is InChI=1S/C10H12O4S/c1-8(11)10(2,15(12,13)14)9-6-4-3-5-7-9/h3-7H,1-2H3,(H,12,13,14). The molecule has 0 fully saturated rings. The largest absolute Gasteiger partial charge is 0.298 e. The Morgan fingerprint density at radius 3 is 2.07 bits per heavy atom. The highest BCUT2D eigenvalue weighted by Crippen LogP contribution is 2.30. The van der Waals surface area contributed by atoms with E-state index >= 15 is 0 Å². The smallest absolute Gasteiger partial charge is 0.281 e. The quantitative estimate of drug-likeness (QED) is 0.793. The molecule has 1 N–H and O–H groups in total. The number of carbonyl (C=O) groups is 1. The van der Waals surface area contributed by atoms with Crippen LogP contribution in [0.1, 0.15) is 19.4 Å². The first-order chi connectivity index (χ1) is 6.80. The molecule has 5 heteroatoms. The first-order valence-electron chi connectivity index (χ1n) is 4.33. The second kappa shape index (κ2) is 3.75. The van der Waals surface area contributed by atoms with Crippen LogP contribution in [0.5, 0.6) is 0 Å². The van der Waals surface area contributed by atoms with E-state index in [2.05, 4.69) is 0 Å². The lowest BCUT2D eigenvalue weighted by Gasteiger charge is -2.23. The number of hydrogen-bond acceptors (Lipinski definition) is 3. The maximum absolute atomic E-state index is 11.4. The second-order valence-corrected chi connectivity index (χ2v) is 5.20. The molecule has 0 bridgehead atoms. The highest BCUT2D eigenvalue weighted by atomic mass is 32.2. The van der Waals surface area contributed by atoms with Gasteiger partial charge in [0.1, 0.15) is 0 Å². The fraction of sp³-hybridized carbons (Fsp3) is 0.300.